The van der Waals surface area contributed by atoms with Crippen molar-refractivity contribution in [3.05, 3.63) is 84.2 Å². The van der Waals surface area contributed by atoms with E-state index in [9.17, 15) is 9.59 Å². The zero-order chi connectivity index (χ0) is 22.8. The molecule has 1 aliphatic heterocycles. The fraction of sp³-hybridized carbons (Fsp3) is 0.231. The van der Waals surface area contributed by atoms with E-state index in [1.807, 2.05) is 60.7 Å². The fourth-order valence-corrected chi connectivity index (χ4v) is 5.26. The summed E-state index contributed by atoms with van der Waals surface area (Å²) in [7, 11) is 0. The van der Waals surface area contributed by atoms with Crippen molar-refractivity contribution in [2.75, 3.05) is 16.3 Å². The van der Waals surface area contributed by atoms with Crippen LogP contribution in [0.1, 0.15) is 24.6 Å². The highest BCUT2D eigenvalue weighted by molar-refractivity contribution is 7.22. The number of pyridine rings is 1. The molecule has 0 bridgehead atoms. The summed E-state index contributed by atoms with van der Waals surface area (Å²) < 4.78 is 1.05. The molecule has 7 heteroatoms. The van der Waals surface area contributed by atoms with Crippen molar-refractivity contribution in [2.24, 2.45) is 5.92 Å². The van der Waals surface area contributed by atoms with Gasteiger partial charge in [0.05, 0.1) is 28.4 Å². The second kappa shape index (κ2) is 9.11. The van der Waals surface area contributed by atoms with Gasteiger partial charge in [0.25, 0.3) is 0 Å². The monoisotopic (exact) mass is 456 g/mol. The second-order valence-electron chi connectivity index (χ2n) is 8.10. The molecule has 0 aliphatic carbocycles. The fourth-order valence-electron chi connectivity index (χ4n) is 4.24. The Morgan fingerprint density at radius 3 is 2.67 bits per heavy atom. The third-order valence-corrected chi connectivity index (χ3v) is 7.00. The van der Waals surface area contributed by atoms with Crippen molar-refractivity contribution in [1.82, 2.24) is 9.97 Å². The Morgan fingerprint density at radius 2 is 1.91 bits per heavy atom. The van der Waals surface area contributed by atoms with Crippen LogP contribution in [0.5, 0.6) is 0 Å². The lowest BCUT2D eigenvalue weighted by molar-refractivity contribution is -0.124. The molecule has 0 spiro atoms. The molecule has 1 aliphatic rings. The number of aryl methyl sites for hydroxylation is 1. The van der Waals surface area contributed by atoms with Gasteiger partial charge in [-0.1, -0.05) is 54.7 Å². The molecule has 33 heavy (non-hydrogen) atoms. The summed E-state index contributed by atoms with van der Waals surface area (Å²) in [4.78, 5) is 39.3. The molecule has 6 nitrogen and oxygen atoms in total. The summed E-state index contributed by atoms with van der Waals surface area (Å²) in [5.41, 5.74) is 3.70. The first-order valence-corrected chi connectivity index (χ1v) is 11.9. The molecule has 2 aromatic carbocycles. The molecule has 1 atom stereocenters. The zero-order valence-electron chi connectivity index (χ0n) is 18.3. The SMILES string of the molecule is CCc1cccc2sc(N(Cc3ccccn3)C(=O)C3CC(=O)N(c4ccccc4)C3)nc12. The highest BCUT2D eigenvalue weighted by Gasteiger charge is 2.38. The van der Waals surface area contributed by atoms with Gasteiger partial charge in [0.15, 0.2) is 5.13 Å². The van der Waals surface area contributed by atoms with Crippen molar-refractivity contribution in [2.45, 2.75) is 26.3 Å². The van der Waals surface area contributed by atoms with Crippen molar-refractivity contribution >= 4 is 44.2 Å². The third-order valence-electron chi connectivity index (χ3n) is 5.96. The second-order valence-corrected chi connectivity index (χ2v) is 9.11. The number of benzene rings is 2. The number of hydrogen-bond donors (Lipinski definition) is 0. The lowest BCUT2D eigenvalue weighted by Crippen LogP contribution is -2.37. The van der Waals surface area contributed by atoms with Gasteiger partial charge in [-0.3, -0.25) is 19.5 Å². The Morgan fingerprint density at radius 1 is 1.09 bits per heavy atom. The smallest absolute Gasteiger partial charge is 0.234 e. The quantitative estimate of drug-likeness (QED) is 0.416. The number of nitrogens with zero attached hydrogens (tertiary/aromatic N) is 4. The molecule has 0 radical (unpaired) electrons. The van der Waals surface area contributed by atoms with E-state index >= 15 is 0 Å². The van der Waals surface area contributed by atoms with Crippen molar-refractivity contribution in [3.8, 4) is 0 Å². The van der Waals surface area contributed by atoms with Crippen LogP contribution in [-0.4, -0.2) is 28.3 Å². The van der Waals surface area contributed by atoms with Crippen molar-refractivity contribution in [3.63, 3.8) is 0 Å². The van der Waals surface area contributed by atoms with E-state index in [1.165, 1.54) is 11.3 Å². The topological polar surface area (TPSA) is 66.4 Å². The maximum absolute atomic E-state index is 13.8. The maximum atomic E-state index is 13.8. The van der Waals surface area contributed by atoms with Gasteiger partial charge in [0, 0.05) is 24.8 Å². The van der Waals surface area contributed by atoms with Gasteiger partial charge in [-0.15, -0.1) is 0 Å². The van der Waals surface area contributed by atoms with Gasteiger partial charge in [-0.25, -0.2) is 4.98 Å². The molecular formula is C26H24N4O2S. The van der Waals surface area contributed by atoms with Crippen LogP contribution in [0.3, 0.4) is 0 Å². The number of amides is 2. The molecule has 0 saturated carbocycles. The van der Waals surface area contributed by atoms with Crippen LogP contribution < -0.4 is 9.80 Å². The summed E-state index contributed by atoms with van der Waals surface area (Å²) in [6, 6.07) is 21.3. The van der Waals surface area contributed by atoms with Crippen LogP contribution in [0.25, 0.3) is 10.2 Å². The van der Waals surface area contributed by atoms with Gasteiger partial charge in [0.1, 0.15) is 0 Å². The molecule has 166 valence electrons. The van der Waals surface area contributed by atoms with Crippen molar-refractivity contribution in [1.29, 1.82) is 0 Å². The van der Waals surface area contributed by atoms with E-state index in [-0.39, 0.29) is 18.2 Å². The van der Waals surface area contributed by atoms with Gasteiger partial charge >= 0.3 is 0 Å². The lowest BCUT2D eigenvalue weighted by Gasteiger charge is -2.23. The first kappa shape index (κ1) is 21.3. The molecule has 0 N–H and O–H groups in total. The molecule has 1 fully saturated rings. The van der Waals surface area contributed by atoms with Crippen LogP contribution in [0.2, 0.25) is 0 Å². The number of carbonyl (C=O) groups is 2. The van der Waals surface area contributed by atoms with E-state index in [4.69, 9.17) is 4.98 Å². The lowest BCUT2D eigenvalue weighted by atomic mass is 10.1. The normalized spacial score (nSPS) is 15.8. The van der Waals surface area contributed by atoms with Gasteiger partial charge in [-0.05, 0) is 42.3 Å². The van der Waals surface area contributed by atoms with Crippen LogP contribution in [-0.2, 0) is 22.6 Å². The summed E-state index contributed by atoms with van der Waals surface area (Å²) in [5, 5.41) is 0.646. The summed E-state index contributed by atoms with van der Waals surface area (Å²) >= 11 is 1.51. The molecule has 4 aromatic rings. The number of rotatable bonds is 6. The van der Waals surface area contributed by atoms with Gasteiger partial charge in [-0.2, -0.15) is 0 Å². The average Bonchev–Trinajstić information content (AvgIpc) is 3.47. The number of aromatic nitrogens is 2. The molecule has 1 saturated heterocycles. The van der Waals surface area contributed by atoms with Gasteiger partial charge < -0.3 is 4.90 Å². The van der Waals surface area contributed by atoms with Crippen molar-refractivity contribution < 1.29 is 9.59 Å². The van der Waals surface area contributed by atoms with Crippen LogP contribution in [0.15, 0.2) is 72.9 Å². The molecule has 5 rings (SSSR count). The largest absolute Gasteiger partial charge is 0.312 e. The predicted octanol–water partition coefficient (Wildman–Crippen LogP) is 4.84. The zero-order valence-corrected chi connectivity index (χ0v) is 19.2. The van der Waals surface area contributed by atoms with E-state index in [0.29, 0.717) is 18.2 Å². The molecule has 2 aromatic heterocycles. The first-order valence-electron chi connectivity index (χ1n) is 11.1. The summed E-state index contributed by atoms with van der Waals surface area (Å²) in [5.74, 6) is -0.557. The van der Waals surface area contributed by atoms with Crippen LogP contribution in [0, 0.1) is 5.92 Å². The summed E-state index contributed by atoms with van der Waals surface area (Å²) in [6.45, 7) is 2.79. The highest BCUT2D eigenvalue weighted by atomic mass is 32.1. The minimum Gasteiger partial charge on any atom is -0.312 e. The van der Waals surface area contributed by atoms with Crippen LogP contribution >= 0.6 is 11.3 Å². The number of thiazole rings is 1. The highest BCUT2D eigenvalue weighted by Crippen LogP contribution is 2.34. The molecule has 1 unspecified atom stereocenters. The van der Waals surface area contributed by atoms with E-state index < -0.39 is 5.92 Å². The number of carbonyl (C=O) groups excluding carboxylic acids is 2. The number of anilines is 2. The Balaban J connectivity index is 1.48. The standard InChI is InChI=1S/C26H24N4O2S/c1-2-18-9-8-13-22-24(18)28-26(33-22)30(17-20-10-6-7-14-27-20)25(32)19-15-23(31)29(16-19)21-11-4-3-5-12-21/h3-14,19H,2,15-17H2,1H3. The third kappa shape index (κ3) is 4.24. The predicted molar refractivity (Wildman–Crippen MR) is 131 cm³/mol. The minimum absolute atomic E-state index is 0.0325. The Labute approximate surface area is 196 Å². The van der Waals surface area contributed by atoms with E-state index in [2.05, 4.69) is 18.0 Å². The molecule has 3 heterocycles. The van der Waals surface area contributed by atoms with E-state index in [1.54, 1.807) is 16.0 Å². The first-order chi connectivity index (χ1) is 16.1. The minimum atomic E-state index is -0.431. The van der Waals surface area contributed by atoms with Crippen LogP contribution in [0.4, 0.5) is 10.8 Å². The maximum Gasteiger partial charge on any atom is 0.234 e. The summed E-state index contributed by atoms with van der Waals surface area (Å²) in [6.07, 6.45) is 2.79. The van der Waals surface area contributed by atoms with Gasteiger partial charge in [0.2, 0.25) is 11.8 Å². The number of para-hydroxylation sites is 2. The number of hydrogen-bond acceptors (Lipinski definition) is 5. The molecular weight excluding hydrogens is 432 g/mol. The van der Waals surface area contributed by atoms with E-state index in [0.717, 1.165) is 33.6 Å². The molecule has 2 amide bonds. The average molecular weight is 457 g/mol. The Bertz CT molecular complexity index is 1290. The Hall–Kier alpha value is -3.58. The Kier molecular flexibility index (Phi) is 5.88. The number of fused-ring (bicyclic) bond motifs is 1.